The number of halogens is 3. The number of alkyl halides is 3. The van der Waals surface area contributed by atoms with Crippen molar-refractivity contribution in [3.8, 4) is 0 Å². The van der Waals surface area contributed by atoms with Crippen LogP contribution in [0, 0.1) is 12.3 Å². The normalized spacial score (nSPS) is 15.9. The average molecular weight is 285 g/mol. The van der Waals surface area contributed by atoms with E-state index in [-0.39, 0.29) is 11.9 Å². The Labute approximate surface area is 116 Å². The topological polar surface area (TPSA) is 39.1 Å². The van der Waals surface area contributed by atoms with Gasteiger partial charge in [0.25, 0.3) is 0 Å². The van der Waals surface area contributed by atoms with Gasteiger partial charge in [-0.05, 0) is 36.1 Å². The van der Waals surface area contributed by atoms with Crippen LogP contribution in [0.1, 0.15) is 36.5 Å². The van der Waals surface area contributed by atoms with Crippen LogP contribution < -0.4 is 10.2 Å². The summed E-state index contributed by atoms with van der Waals surface area (Å²) in [7, 11) is 0. The van der Waals surface area contributed by atoms with Crippen molar-refractivity contribution >= 4 is 11.6 Å². The van der Waals surface area contributed by atoms with Crippen LogP contribution in [0.3, 0.4) is 0 Å². The molecule has 1 aromatic carbocycles. The van der Waals surface area contributed by atoms with Gasteiger partial charge in [0, 0.05) is 18.8 Å². The summed E-state index contributed by atoms with van der Waals surface area (Å²) in [6, 6.07) is 2.36. The summed E-state index contributed by atoms with van der Waals surface area (Å²) in [5.74, 6) is 0.155. The molecule has 0 bridgehead atoms. The molecule has 0 aromatic heterocycles. The third-order valence-electron chi connectivity index (χ3n) is 3.56. The number of hydrogen-bond donors (Lipinski definition) is 2. The second-order valence-corrected chi connectivity index (χ2v) is 5.29. The lowest BCUT2D eigenvalue weighted by Gasteiger charge is -2.24. The fraction of sp³-hybridized carbons (Fsp3) is 0.500. The zero-order valence-electron chi connectivity index (χ0n) is 11.7. The SMILES string of the molecule is Cc1c(C(C)C)cc(C(F)(F)F)cc1N1CCNC1=N. The average Bonchev–Trinajstić information content (AvgIpc) is 2.73. The number of benzene rings is 1. The predicted octanol–water partition coefficient (Wildman–Crippen LogP) is 3.48. The van der Waals surface area contributed by atoms with Gasteiger partial charge in [0.05, 0.1) is 5.56 Å². The largest absolute Gasteiger partial charge is 0.416 e. The molecule has 1 heterocycles. The summed E-state index contributed by atoms with van der Waals surface area (Å²) in [6.07, 6.45) is -4.37. The van der Waals surface area contributed by atoms with Gasteiger partial charge in [0.2, 0.25) is 0 Å². The van der Waals surface area contributed by atoms with Crippen molar-refractivity contribution in [3.05, 3.63) is 28.8 Å². The highest BCUT2D eigenvalue weighted by atomic mass is 19.4. The molecule has 1 aliphatic rings. The van der Waals surface area contributed by atoms with Gasteiger partial charge in [-0.15, -0.1) is 0 Å². The summed E-state index contributed by atoms with van der Waals surface area (Å²) in [6.45, 7) is 6.65. The van der Waals surface area contributed by atoms with E-state index in [1.165, 1.54) is 6.07 Å². The Balaban J connectivity index is 2.60. The molecular weight excluding hydrogens is 267 g/mol. The summed E-state index contributed by atoms with van der Waals surface area (Å²) in [5, 5.41) is 10.6. The third kappa shape index (κ3) is 2.59. The van der Waals surface area contributed by atoms with Crippen LogP contribution in [0.2, 0.25) is 0 Å². The number of guanidine groups is 1. The number of hydrogen-bond acceptors (Lipinski definition) is 1. The fourth-order valence-electron chi connectivity index (χ4n) is 2.50. The molecule has 1 fully saturated rings. The summed E-state index contributed by atoms with van der Waals surface area (Å²) < 4.78 is 39.1. The Kier molecular flexibility index (Phi) is 3.67. The van der Waals surface area contributed by atoms with Crippen molar-refractivity contribution in [1.29, 1.82) is 5.41 Å². The van der Waals surface area contributed by atoms with Gasteiger partial charge < -0.3 is 10.2 Å². The van der Waals surface area contributed by atoms with Crippen LogP contribution in [0.15, 0.2) is 12.1 Å². The van der Waals surface area contributed by atoms with Gasteiger partial charge in [-0.3, -0.25) is 5.41 Å². The number of nitrogens with zero attached hydrogens (tertiary/aromatic N) is 1. The van der Waals surface area contributed by atoms with Crippen molar-refractivity contribution in [2.75, 3.05) is 18.0 Å². The molecule has 2 N–H and O–H groups in total. The molecule has 1 aliphatic heterocycles. The van der Waals surface area contributed by atoms with Gasteiger partial charge >= 0.3 is 6.18 Å². The van der Waals surface area contributed by atoms with E-state index in [0.29, 0.717) is 24.3 Å². The van der Waals surface area contributed by atoms with Gasteiger partial charge in [-0.1, -0.05) is 13.8 Å². The van der Waals surface area contributed by atoms with Crippen molar-refractivity contribution in [2.24, 2.45) is 0 Å². The van der Waals surface area contributed by atoms with Crippen LogP contribution in [0.25, 0.3) is 0 Å². The van der Waals surface area contributed by atoms with E-state index >= 15 is 0 Å². The third-order valence-corrected chi connectivity index (χ3v) is 3.56. The van der Waals surface area contributed by atoms with Crippen LogP contribution in [0.4, 0.5) is 18.9 Å². The molecule has 0 radical (unpaired) electrons. The van der Waals surface area contributed by atoms with Crippen molar-refractivity contribution in [1.82, 2.24) is 5.32 Å². The molecule has 2 rings (SSSR count). The van der Waals surface area contributed by atoms with E-state index in [2.05, 4.69) is 5.32 Å². The van der Waals surface area contributed by atoms with E-state index in [4.69, 9.17) is 5.41 Å². The lowest BCUT2D eigenvalue weighted by Crippen LogP contribution is -2.29. The van der Waals surface area contributed by atoms with Gasteiger partial charge in [-0.2, -0.15) is 13.2 Å². The molecule has 1 aromatic rings. The molecule has 20 heavy (non-hydrogen) atoms. The highest BCUT2D eigenvalue weighted by Crippen LogP contribution is 2.37. The molecule has 110 valence electrons. The molecule has 0 aliphatic carbocycles. The quantitative estimate of drug-likeness (QED) is 0.873. The maximum atomic E-state index is 13.0. The molecule has 0 amide bonds. The Bertz CT molecular complexity index is 535. The van der Waals surface area contributed by atoms with E-state index in [1.807, 2.05) is 20.8 Å². The van der Waals surface area contributed by atoms with Gasteiger partial charge in [-0.25, -0.2) is 0 Å². The predicted molar refractivity (Wildman–Crippen MR) is 73.3 cm³/mol. The van der Waals surface area contributed by atoms with E-state index in [0.717, 1.165) is 11.6 Å². The minimum atomic E-state index is -4.37. The summed E-state index contributed by atoms with van der Waals surface area (Å²) in [5.41, 5.74) is 1.30. The van der Waals surface area contributed by atoms with E-state index in [1.54, 1.807) is 4.90 Å². The maximum absolute atomic E-state index is 13.0. The number of rotatable bonds is 2. The second-order valence-electron chi connectivity index (χ2n) is 5.29. The Morgan fingerprint density at radius 1 is 1.30 bits per heavy atom. The first-order valence-electron chi connectivity index (χ1n) is 6.53. The molecule has 0 atom stereocenters. The van der Waals surface area contributed by atoms with Gasteiger partial charge in [0.1, 0.15) is 0 Å². The number of anilines is 1. The molecule has 1 saturated heterocycles. The summed E-state index contributed by atoms with van der Waals surface area (Å²) in [4.78, 5) is 1.59. The smallest absolute Gasteiger partial charge is 0.354 e. The zero-order valence-corrected chi connectivity index (χ0v) is 11.7. The highest BCUT2D eigenvalue weighted by molar-refractivity contribution is 5.96. The van der Waals surface area contributed by atoms with Gasteiger partial charge in [0.15, 0.2) is 5.96 Å². The minimum Gasteiger partial charge on any atom is -0.354 e. The van der Waals surface area contributed by atoms with Crippen molar-refractivity contribution in [3.63, 3.8) is 0 Å². The lowest BCUT2D eigenvalue weighted by molar-refractivity contribution is -0.137. The van der Waals surface area contributed by atoms with Crippen molar-refractivity contribution < 1.29 is 13.2 Å². The zero-order chi connectivity index (χ0) is 15.1. The monoisotopic (exact) mass is 285 g/mol. The molecule has 0 unspecified atom stereocenters. The first-order chi connectivity index (χ1) is 9.21. The second kappa shape index (κ2) is 5.00. The van der Waals surface area contributed by atoms with Crippen LogP contribution in [-0.2, 0) is 6.18 Å². The number of nitrogens with one attached hydrogen (secondary N) is 2. The molecule has 0 saturated carbocycles. The first kappa shape index (κ1) is 14.7. The minimum absolute atomic E-state index is 0.000737. The highest BCUT2D eigenvalue weighted by Gasteiger charge is 2.33. The van der Waals surface area contributed by atoms with Crippen LogP contribution in [-0.4, -0.2) is 19.0 Å². The van der Waals surface area contributed by atoms with Crippen LogP contribution >= 0.6 is 0 Å². The first-order valence-corrected chi connectivity index (χ1v) is 6.53. The van der Waals surface area contributed by atoms with E-state index in [9.17, 15) is 13.2 Å². The lowest BCUT2D eigenvalue weighted by atomic mass is 9.93. The Hall–Kier alpha value is -1.72. The molecule has 6 heteroatoms. The standard InChI is InChI=1S/C14H18F3N3/c1-8(2)11-6-10(14(15,16)17)7-12(9(11)3)20-5-4-19-13(20)18/h6-8H,4-5H2,1-3H3,(H2,18,19). The van der Waals surface area contributed by atoms with Crippen molar-refractivity contribution in [2.45, 2.75) is 32.9 Å². The Morgan fingerprint density at radius 3 is 2.40 bits per heavy atom. The van der Waals surface area contributed by atoms with E-state index < -0.39 is 11.7 Å². The molecule has 3 nitrogen and oxygen atoms in total. The fourth-order valence-corrected chi connectivity index (χ4v) is 2.50. The van der Waals surface area contributed by atoms with Crippen LogP contribution in [0.5, 0.6) is 0 Å². The summed E-state index contributed by atoms with van der Waals surface area (Å²) >= 11 is 0. The Morgan fingerprint density at radius 2 is 1.95 bits per heavy atom. The maximum Gasteiger partial charge on any atom is 0.416 e. The molecule has 0 spiro atoms. The molecular formula is C14H18F3N3.